The number of carbonyl (C=O) groups excluding carboxylic acids is 1. The molecule has 0 fully saturated rings. The zero-order chi connectivity index (χ0) is 20.2. The molecular formula is C22H22N6O. The van der Waals surface area contributed by atoms with Gasteiger partial charge in [-0.2, -0.15) is 0 Å². The number of fused-ring (bicyclic) bond motifs is 1. The number of benzene rings is 2. The Morgan fingerprint density at radius 2 is 1.79 bits per heavy atom. The lowest BCUT2D eigenvalue weighted by Crippen LogP contribution is -2.28. The van der Waals surface area contributed by atoms with Gasteiger partial charge in [0.2, 0.25) is 0 Å². The first-order chi connectivity index (χ1) is 14.1. The number of nitrogens with zero attached hydrogens (tertiary/aromatic N) is 4. The predicted octanol–water partition coefficient (Wildman–Crippen LogP) is 3.27. The van der Waals surface area contributed by atoms with Crippen LogP contribution in [0.4, 0.5) is 5.82 Å². The number of anilines is 1. The normalized spacial score (nSPS) is 10.8. The summed E-state index contributed by atoms with van der Waals surface area (Å²) >= 11 is 0. The highest BCUT2D eigenvalue weighted by molar-refractivity contribution is 5.98. The van der Waals surface area contributed by atoms with Crippen LogP contribution in [0.15, 0.2) is 61.2 Å². The Morgan fingerprint density at radius 1 is 0.966 bits per heavy atom. The Labute approximate surface area is 168 Å². The van der Waals surface area contributed by atoms with Gasteiger partial charge in [-0.05, 0) is 36.8 Å². The van der Waals surface area contributed by atoms with E-state index in [1.54, 1.807) is 6.33 Å². The van der Waals surface area contributed by atoms with Crippen LogP contribution in [0.25, 0.3) is 16.6 Å². The smallest absolute Gasteiger partial charge is 0.251 e. The van der Waals surface area contributed by atoms with Crippen LogP contribution in [0.5, 0.6) is 0 Å². The van der Waals surface area contributed by atoms with Crippen molar-refractivity contribution in [2.45, 2.75) is 13.8 Å². The zero-order valence-corrected chi connectivity index (χ0v) is 16.4. The van der Waals surface area contributed by atoms with Crippen LogP contribution >= 0.6 is 0 Å². The van der Waals surface area contributed by atoms with E-state index in [1.165, 1.54) is 6.33 Å². The SMILES string of the molecule is Cc1ncn(-c2cc(NCCNC(=O)c3ccc4ccccc4c3)ncn2)c1C. The van der Waals surface area contributed by atoms with Crippen LogP contribution in [-0.2, 0) is 0 Å². The summed E-state index contributed by atoms with van der Waals surface area (Å²) < 4.78 is 1.92. The van der Waals surface area contributed by atoms with Crippen molar-refractivity contribution < 1.29 is 4.79 Å². The number of aromatic nitrogens is 4. The summed E-state index contributed by atoms with van der Waals surface area (Å²) in [5.41, 5.74) is 2.66. The number of hydrogen-bond acceptors (Lipinski definition) is 5. The number of rotatable bonds is 6. The van der Waals surface area contributed by atoms with E-state index < -0.39 is 0 Å². The number of aryl methyl sites for hydroxylation is 1. The quantitative estimate of drug-likeness (QED) is 0.497. The van der Waals surface area contributed by atoms with Gasteiger partial charge in [-0.15, -0.1) is 0 Å². The summed E-state index contributed by atoms with van der Waals surface area (Å²) in [6.45, 7) is 5.00. The summed E-state index contributed by atoms with van der Waals surface area (Å²) in [5.74, 6) is 1.35. The molecule has 4 aromatic rings. The van der Waals surface area contributed by atoms with Crippen molar-refractivity contribution in [2.24, 2.45) is 0 Å². The Kier molecular flexibility index (Phi) is 5.20. The molecule has 0 spiro atoms. The number of hydrogen-bond donors (Lipinski definition) is 2. The zero-order valence-electron chi connectivity index (χ0n) is 16.4. The number of carbonyl (C=O) groups is 1. The standard InChI is InChI=1S/C22H22N6O/c1-15-16(2)28(14-27-15)21-12-20(25-13-26-21)23-9-10-24-22(29)19-8-7-17-5-3-4-6-18(17)11-19/h3-8,11-14H,9-10H2,1-2H3,(H,24,29)(H,23,25,26). The molecule has 7 heteroatoms. The Morgan fingerprint density at radius 3 is 2.59 bits per heavy atom. The minimum absolute atomic E-state index is 0.0922. The average molecular weight is 386 g/mol. The highest BCUT2D eigenvalue weighted by atomic mass is 16.1. The maximum Gasteiger partial charge on any atom is 0.251 e. The molecule has 7 nitrogen and oxygen atoms in total. The third kappa shape index (κ3) is 4.08. The lowest BCUT2D eigenvalue weighted by Gasteiger charge is -2.10. The Hall–Kier alpha value is -3.74. The monoisotopic (exact) mass is 386 g/mol. The predicted molar refractivity (Wildman–Crippen MR) is 113 cm³/mol. The van der Waals surface area contributed by atoms with Crippen LogP contribution in [0, 0.1) is 13.8 Å². The lowest BCUT2D eigenvalue weighted by atomic mass is 10.1. The van der Waals surface area contributed by atoms with Crippen molar-refractivity contribution in [1.82, 2.24) is 24.8 Å². The first-order valence-corrected chi connectivity index (χ1v) is 9.45. The largest absolute Gasteiger partial charge is 0.368 e. The molecule has 0 bridgehead atoms. The van der Waals surface area contributed by atoms with Gasteiger partial charge < -0.3 is 10.6 Å². The average Bonchev–Trinajstić information content (AvgIpc) is 3.09. The summed E-state index contributed by atoms with van der Waals surface area (Å²) in [5, 5.41) is 8.32. The lowest BCUT2D eigenvalue weighted by molar-refractivity contribution is 0.0955. The molecule has 0 aliphatic heterocycles. The van der Waals surface area contributed by atoms with Gasteiger partial charge in [-0.25, -0.2) is 15.0 Å². The molecule has 0 aliphatic carbocycles. The third-order valence-electron chi connectivity index (χ3n) is 4.88. The van der Waals surface area contributed by atoms with E-state index in [9.17, 15) is 4.79 Å². The van der Waals surface area contributed by atoms with Gasteiger partial charge >= 0.3 is 0 Å². The molecule has 0 unspecified atom stereocenters. The number of nitrogens with one attached hydrogen (secondary N) is 2. The van der Waals surface area contributed by atoms with Crippen molar-refractivity contribution in [3.63, 3.8) is 0 Å². The number of imidazole rings is 1. The molecule has 2 aromatic heterocycles. The van der Waals surface area contributed by atoms with Crippen molar-refractivity contribution in [2.75, 3.05) is 18.4 Å². The first kappa shape index (κ1) is 18.6. The van der Waals surface area contributed by atoms with Crippen LogP contribution in [0.2, 0.25) is 0 Å². The van der Waals surface area contributed by atoms with Gasteiger partial charge in [0, 0.05) is 30.4 Å². The van der Waals surface area contributed by atoms with Crippen LogP contribution in [0.1, 0.15) is 21.7 Å². The Balaban J connectivity index is 1.34. The summed E-state index contributed by atoms with van der Waals surface area (Å²) in [6, 6.07) is 15.6. The second-order valence-electron chi connectivity index (χ2n) is 6.79. The molecule has 2 N–H and O–H groups in total. The molecule has 2 heterocycles. The molecule has 0 aliphatic rings. The van der Waals surface area contributed by atoms with E-state index in [1.807, 2.05) is 66.9 Å². The second-order valence-corrected chi connectivity index (χ2v) is 6.79. The van der Waals surface area contributed by atoms with E-state index in [2.05, 4.69) is 25.6 Å². The second kappa shape index (κ2) is 8.10. The molecule has 0 saturated carbocycles. The van der Waals surface area contributed by atoms with E-state index in [4.69, 9.17) is 0 Å². The molecule has 1 amide bonds. The van der Waals surface area contributed by atoms with Gasteiger partial charge in [-0.3, -0.25) is 9.36 Å². The minimum Gasteiger partial charge on any atom is -0.368 e. The van der Waals surface area contributed by atoms with Crippen molar-refractivity contribution in [1.29, 1.82) is 0 Å². The first-order valence-electron chi connectivity index (χ1n) is 9.45. The highest BCUT2D eigenvalue weighted by Crippen LogP contribution is 2.16. The van der Waals surface area contributed by atoms with Crippen molar-refractivity contribution >= 4 is 22.5 Å². The van der Waals surface area contributed by atoms with E-state index in [0.717, 1.165) is 28.0 Å². The number of amides is 1. The molecular weight excluding hydrogens is 364 g/mol. The van der Waals surface area contributed by atoms with Gasteiger partial charge in [0.05, 0.1) is 5.69 Å². The van der Waals surface area contributed by atoms with Crippen molar-refractivity contribution in [3.8, 4) is 5.82 Å². The molecule has 2 aromatic carbocycles. The van der Waals surface area contributed by atoms with Gasteiger partial charge in [0.1, 0.15) is 24.3 Å². The molecule has 4 rings (SSSR count). The van der Waals surface area contributed by atoms with Gasteiger partial charge in [0.15, 0.2) is 0 Å². The summed E-state index contributed by atoms with van der Waals surface area (Å²) in [6.07, 6.45) is 3.26. The Bertz CT molecular complexity index is 1170. The molecule has 146 valence electrons. The maximum absolute atomic E-state index is 12.4. The van der Waals surface area contributed by atoms with Crippen LogP contribution < -0.4 is 10.6 Å². The highest BCUT2D eigenvalue weighted by Gasteiger charge is 2.08. The van der Waals surface area contributed by atoms with Crippen LogP contribution in [0.3, 0.4) is 0 Å². The topological polar surface area (TPSA) is 84.7 Å². The molecule has 0 radical (unpaired) electrons. The fourth-order valence-corrected chi connectivity index (χ4v) is 3.10. The van der Waals surface area contributed by atoms with E-state index in [0.29, 0.717) is 24.5 Å². The molecule has 0 atom stereocenters. The fourth-order valence-electron chi connectivity index (χ4n) is 3.10. The third-order valence-corrected chi connectivity index (χ3v) is 4.88. The van der Waals surface area contributed by atoms with E-state index >= 15 is 0 Å². The van der Waals surface area contributed by atoms with Crippen molar-refractivity contribution in [3.05, 3.63) is 78.1 Å². The van der Waals surface area contributed by atoms with E-state index in [-0.39, 0.29) is 5.91 Å². The van der Waals surface area contributed by atoms with Crippen LogP contribution in [-0.4, -0.2) is 38.5 Å². The fraction of sp³-hybridized carbons (Fsp3) is 0.182. The summed E-state index contributed by atoms with van der Waals surface area (Å²) in [7, 11) is 0. The molecule has 0 saturated heterocycles. The van der Waals surface area contributed by atoms with Gasteiger partial charge in [-0.1, -0.05) is 30.3 Å². The summed E-state index contributed by atoms with van der Waals surface area (Å²) in [4.78, 5) is 25.3. The minimum atomic E-state index is -0.0922. The molecule has 29 heavy (non-hydrogen) atoms. The maximum atomic E-state index is 12.4. The van der Waals surface area contributed by atoms with Gasteiger partial charge in [0.25, 0.3) is 5.91 Å².